The van der Waals surface area contributed by atoms with E-state index in [0.29, 0.717) is 19.3 Å². The third kappa shape index (κ3) is 8.04. The first kappa shape index (κ1) is 20.3. The standard InChI is InChI=1S/C18H30BrNO3/c1-5-9-23-18-16(19)11-15(12-17(18)21-6-2)13-20-8-7-10-22-14(3)4/h11-12,14,20H,5-10,13H2,1-4H3. The quantitative estimate of drug-likeness (QED) is 0.534. The molecule has 0 spiro atoms. The fourth-order valence-corrected chi connectivity index (χ4v) is 2.68. The van der Waals surface area contributed by atoms with Gasteiger partial charge in [-0.1, -0.05) is 6.92 Å². The van der Waals surface area contributed by atoms with Crippen LogP contribution in [-0.4, -0.2) is 32.5 Å². The summed E-state index contributed by atoms with van der Waals surface area (Å²) in [4.78, 5) is 0. The van der Waals surface area contributed by atoms with E-state index < -0.39 is 0 Å². The van der Waals surface area contributed by atoms with Gasteiger partial charge in [-0.05, 0) is 73.8 Å². The van der Waals surface area contributed by atoms with Crippen LogP contribution in [-0.2, 0) is 11.3 Å². The molecule has 1 rings (SSSR count). The lowest BCUT2D eigenvalue weighted by Gasteiger charge is -2.15. The van der Waals surface area contributed by atoms with Crippen molar-refractivity contribution in [2.75, 3.05) is 26.4 Å². The molecule has 1 aromatic rings. The minimum Gasteiger partial charge on any atom is -0.490 e. The van der Waals surface area contributed by atoms with Crippen LogP contribution >= 0.6 is 15.9 Å². The number of hydrogen-bond acceptors (Lipinski definition) is 4. The molecule has 0 saturated heterocycles. The normalized spacial score (nSPS) is 11.0. The van der Waals surface area contributed by atoms with Gasteiger partial charge in [0.15, 0.2) is 11.5 Å². The molecule has 0 amide bonds. The van der Waals surface area contributed by atoms with Gasteiger partial charge in [-0.2, -0.15) is 0 Å². The molecule has 23 heavy (non-hydrogen) atoms. The van der Waals surface area contributed by atoms with Gasteiger partial charge in [0.05, 0.1) is 23.8 Å². The molecule has 0 atom stereocenters. The molecular formula is C18H30BrNO3. The van der Waals surface area contributed by atoms with Gasteiger partial charge in [-0.3, -0.25) is 0 Å². The van der Waals surface area contributed by atoms with Gasteiger partial charge < -0.3 is 19.5 Å². The summed E-state index contributed by atoms with van der Waals surface area (Å²) in [7, 11) is 0. The lowest BCUT2D eigenvalue weighted by Crippen LogP contribution is -2.17. The van der Waals surface area contributed by atoms with Gasteiger partial charge in [0, 0.05) is 13.2 Å². The van der Waals surface area contributed by atoms with Crippen LogP contribution in [0.15, 0.2) is 16.6 Å². The van der Waals surface area contributed by atoms with Gasteiger partial charge in [0.2, 0.25) is 0 Å². The highest BCUT2D eigenvalue weighted by Gasteiger charge is 2.12. The van der Waals surface area contributed by atoms with Gasteiger partial charge in [-0.25, -0.2) is 0 Å². The van der Waals surface area contributed by atoms with Crippen LogP contribution in [0, 0.1) is 0 Å². The second-order valence-corrected chi connectivity index (χ2v) is 6.49. The minimum absolute atomic E-state index is 0.301. The van der Waals surface area contributed by atoms with Crippen molar-refractivity contribution in [2.45, 2.75) is 53.2 Å². The lowest BCUT2D eigenvalue weighted by atomic mass is 10.2. The maximum atomic E-state index is 5.80. The fourth-order valence-electron chi connectivity index (χ4n) is 2.08. The Balaban J connectivity index is 2.55. The van der Waals surface area contributed by atoms with Crippen LogP contribution in [0.5, 0.6) is 11.5 Å². The molecule has 0 aromatic heterocycles. The highest BCUT2D eigenvalue weighted by molar-refractivity contribution is 9.10. The average molecular weight is 388 g/mol. The van der Waals surface area contributed by atoms with E-state index >= 15 is 0 Å². The van der Waals surface area contributed by atoms with Crippen molar-refractivity contribution in [3.8, 4) is 11.5 Å². The Hall–Kier alpha value is -0.780. The van der Waals surface area contributed by atoms with Crippen molar-refractivity contribution < 1.29 is 14.2 Å². The van der Waals surface area contributed by atoms with Gasteiger partial charge in [0.1, 0.15) is 0 Å². The van der Waals surface area contributed by atoms with E-state index in [1.807, 2.05) is 6.92 Å². The number of hydrogen-bond donors (Lipinski definition) is 1. The first-order chi connectivity index (χ1) is 11.1. The van der Waals surface area contributed by atoms with Crippen LogP contribution in [0.25, 0.3) is 0 Å². The molecule has 0 fully saturated rings. The van der Waals surface area contributed by atoms with E-state index in [9.17, 15) is 0 Å². The minimum atomic E-state index is 0.301. The molecule has 0 aliphatic heterocycles. The van der Waals surface area contributed by atoms with Gasteiger partial charge in [0.25, 0.3) is 0 Å². The predicted molar refractivity (Wildman–Crippen MR) is 98.5 cm³/mol. The molecule has 0 saturated carbocycles. The second-order valence-electron chi connectivity index (χ2n) is 5.64. The summed E-state index contributed by atoms with van der Waals surface area (Å²) in [5.41, 5.74) is 1.17. The highest BCUT2D eigenvalue weighted by atomic mass is 79.9. The summed E-state index contributed by atoms with van der Waals surface area (Å²) >= 11 is 3.60. The number of rotatable bonds is 12. The molecule has 0 heterocycles. The number of halogens is 1. The molecule has 4 nitrogen and oxygen atoms in total. The maximum absolute atomic E-state index is 5.80. The largest absolute Gasteiger partial charge is 0.490 e. The third-order valence-corrected chi connectivity index (χ3v) is 3.69. The topological polar surface area (TPSA) is 39.7 Å². The summed E-state index contributed by atoms with van der Waals surface area (Å²) in [5, 5.41) is 3.44. The summed E-state index contributed by atoms with van der Waals surface area (Å²) in [6.45, 7) is 12.0. The van der Waals surface area contributed by atoms with Crippen LogP contribution in [0.1, 0.15) is 46.1 Å². The van der Waals surface area contributed by atoms with Crippen molar-refractivity contribution in [1.29, 1.82) is 0 Å². The molecule has 1 N–H and O–H groups in total. The number of benzene rings is 1. The van der Waals surface area contributed by atoms with E-state index in [1.165, 1.54) is 5.56 Å². The Morgan fingerprint density at radius 1 is 1.13 bits per heavy atom. The summed E-state index contributed by atoms with van der Waals surface area (Å²) in [6.07, 6.45) is 2.28. The Labute approximate surface area is 149 Å². The fraction of sp³-hybridized carbons (Fsp3) is 0.667. The SMILES string of the molecule is CCCOc1c(Br)cc(CNCCCOC(C)C)cc1OCC. The molecule has 5 heteroatoms. The van der Waals surface area contributed by atoms with E-state index in [1.54, 1.807) is 0 Å². The summed E-state index contributed by atoms with van der Waals surface area (Å²) in [6, 6.07) is 4.14. The Kier molecular flexibility index (Phi) is 10.3. The van der Waals surface area contributed by atoms with Crippen LogP contribution in [0.4, 0.5) is 0 Å². The third-order valence-electron chi connectivity index (χ3n) is 3.10. The average Bonchev–Trinajstić information content (AvgIpc) is 2.50. The van der Waals surface area contributed by atoms with E-state index in [2.05, 4.69) is 54.2 Å². The Morgan fingerprint density at radius 3 is 2.57 bits per heavy atom. The molecular weight excluding hydrogens is 358 g/mol. The molecule has 0 aliphatic carbocycles. The Morgan fingerprint density at radius 2 is 1.91 bits per heavy atom. The predicted octanol–water partition coefficient (Wildman–Crippen LogP) is 4.54. The van der Waals surface area contributed by atoms with Crippen molar-refractivity contribution >= 4 is 15.9 Å². The molecule has 1 aromatic carbocycles. The molecule has 0 unspecified atom stereocenters. The van der Waals surface area contributed by atoms with E-state index in [0.717, 1.165) is 48.5 Å². The van der Waals surface area contributed by atoms with Crippen molar-refractivity contribution in [1.82, 2.24) is 5.32 Å². The zero-order chi connectivity index (χ0) is 17.1. The van der Waals surface area contributed by atoms with Crippen LogP contribution in [0.3, 0.4) is 0 Å². The highest BCUT2D eigenvalue weighted by Crippen LogP contribution is 2.37. The number of nitrogens with one attached hydrogen (secondary N) is 1. The summed E-state index contributed by atoms with van der Waals surface area (Å²) in [5.74, 6) is 1.60. The second kappa shape index (κ2) is 11.7. The van der Waals surface area contributed by atoms with Crippen LogP contribution < -0.4 is 14.8 Å². The maximum Gasteiger partial charge on any atom is 0.175 e. The molecule has 0 bridgehead atoms. The van der Waals surface area contributed by atoms with Crippen LogP contribution in [0.2, 0.25) is 0 Å². The molecule has 132 valence electrons. The number of ether oxygens (including phenoxy) is 3. The smallest absolute Gasteiger partial charge is 0.175 e. The lowest BCUT2D eigenvalue weighted by molar-refractivity contribution is 0.0770. The molecule has 0 aliphatic rings. The van der Waals surface area contributed by atoms with Crippen molar-refractivity contribution in [2.24, 2.45) is 0 Å². The molecule has 0 radical (unpaired) electrons. The first-order valence-corrected chi connectivity index (χ1v) is 9.28. The zero-order valence-electron chi connectivity index (χ0n) is 14.8. The van der Waals surface area contributed by atoms with Gasteiger partial charge >= 0.3 is 0 Å². The Bertz CT molecular complexity index is 452. The van der Waals surface area contributed by atoms with Crippen molar-refractivity contribution in [3.05, 3.63) is 22.2 Å². The summed E-state index contributed by atoms with van der Waals surface area (Å²) < 4.78 is 18.0. The van der Waals surface area contributed by atoms with E-state index in [-0.39, 0.29) is 0 Å². The zero-order valence-corrected chi connectivity index (χ0v) is 16.4. The van der Waals surface area contributed by atoms with E-state index in [4.69, 9.17) is 14.2 Å². The first-order valence-electron chi connectivity index (χ1n) is 8.48. The van der Waals surface area contributed by atoms with Crippen molar-refractivity contribution in [3.63, 3.8) is 0 Å². The monoisotopic (exact) mass is 387 g/mol. The van der Waals surface area contributed by atoms with Gasteiger partial charge in [-0.15, -0.1) is 0 Å².